The first-order chi connectivity index (χ1) is 10.3. The Labute approximate surface area is 135 Å². The molecule has 2 aromatic rings. The molecular weight excluding hydrogens is 336 g/mol. The summed E-state index contributed by atoms with van der Waals surface area (Å²) in [6.45, 7) is 1.26. The molecule has 7 heteroatoms. The van der Waals surface area contributed by atoms with Crippen molar-refractivity contribution in [1.82, 2.24) is 4.98 Å². The van der Waals surface area contributed by atoms with Crippen LogP contribution in [0.15, 0.2) is 30.5 Å². The Morgan fingerprint density at radius 2 is 1.86 bits per heavy atom. The van der Waals surface area contributed by atoms with Gasteiger partial charge in [-0.2, -0.15) is 13.2 Å². The van der Waals surface area contributed by atoms with Gasteiger partial charge in [0.05, 0.1) is 10.6 Å². The van der Waals surface area contributed by atoms with E-state index in [0.29, 0.717) is 23.9 Å². The third kappa shape index (κ3) is 3.01. The number of fused-ring (bicyclic) bond motifs is 1. The highest BCUT2D eigenvalue weighted by Gasteiger charge is 2.33. The fourth-order valence-corrected chi connectivity index (χ4v) is 3.02. The summed E-state index contributed by atoms with van der Waals surface area (Å²) < 4.78 is 38.2. The first-order valence-electron chi connectivity index (χ1n) is 6.59. The van der Waals surface area contributed by atoms with Crippen LogP contribution in [-0.2, 0) is 19.1 Å². The summed E-state index contributed by atoms with van der Waals surface area (Å²) in [5.41, 5.74) is 1.99. The number of benzene rings is 1. The van der Waals surface area contributed by atoms with Gasteiger partial charge in [-0.25, -0.2) is 4.98 Å². The summed E-state index contributed by atoms with van der Waals surface area (Å²) in [5.74, 6) is 0. The van der Waals surface area contributed by atoms with Gasteiger partial charge in [0.15, 0.2) is 0 Å². The molecule has 2 nitrogen and oxygen atoms in total. The van der Waals surface area contributed by atoms with Gasteiger partial charge in [0.1, 0.15) is 5.15 Å². The minimum atomic E-state index is -4.44. The van der Waals surface area contributed by atoms with Crippen molar-refractivity contribution in [1.29, 1.82) is 0 Å². The molecule has 1 aliphatic rings. The Bertz CT molecular complexity index is 716. The highest BCUT2D eigenvalue weighted by Crippen LogP contribution is 2.37. The number of pyridine rings is 1. The van der Waals surface area contributed by atoms with Crippen LogP contribution in [0.25, 0.3) is 0 Å². The second-order valence-electron chi connectivity index (χ2n) is 5.11. The summed E-state index contributed by atoms with van der Waals surface area (Å²) >= 11 is 11.7. The third-order valence-corrected chi connectivity index (χ3v) is 4.20. The number of halogens is 5. The molecule has 0 unspecified atom stereocenters. The van der Waals surface area contributed by atoms with E-state index in [1.807, 2.05) is 4.90 Å². The lowest BCUT2D eigenvalue weighted by Crippen LogP contribution is -2.30. The summed E-state index contributed by atoms with van der Waals surface area (Å²) in [6.07, 6.45) is -1.93. The summed E-state index contributed by atoms with van der Waals surface area (Å²) in [6, 6.07) is 5.61. The number of alkyl halides is 3. The molecule has 22 heavy (non-hydrogen) atoms. The Morgan fingerprint density at radius 1 is 1.09 bits per heavy atom. The quantitative estimate of drug-likeness (QED) is 0.677. The van der Waals surface area contributed by atoms with Crippen LogP contribution in [0.4, 0.5) is 18.9 Å². The number of aromatic nitrogens is 1. The molecule has 0 bridgehead atoms. The van der Waals surface area contributed by atoms with E-state index in [1.54, 1.807) is 12.3 Å². The van der Waals surface area contributed by atoms with Crippen LogP contribution in [0, 0.1) is 0 Å². The summed E-state index contributed by atoms with van der Waals surface area (Å²) in [7, 11) is 0. The molecule has 1 aromatic heterocycles. The molecular formula is C15H11Cl2F3N2. The van der Waals surface area contributed by atoms with Crippen molar-refractivity contribution in [2.45, 2.75) is 19.1 Å². The molecule has 0 saturated heterocycles. The topological polar surface area (TPSA) is 16.1 Å². The van der Waals surface area contributed by atoms with Crippen LogP contribution in [0.2, 0.25) is 10.2 Å². The van der Waals surface area contributed by atoms with Crippen molar-refractivity contribution in [2.75, 3.05) is 11.4 Å². The van der Waals surface area contributed by atoms with E-state index in [-0.39, 0.29) is 5.02 Å². The van der Waals surface area contributed by atoms with Gasteiger partial charge in [0, 0.05) is 25.0 Å². The van der Waals surface area contributed by atoms with Gasteiger partial charge in [0.25, 0.3) is 0 Å². The average molecular weight is 347 g/mol. The average Bonchev–Trinajstić information content (AvgIpc) is 2.45. The van der Waals surface area contributed by atoms with Crippen molar-refractivity contribution in [3.05, 3.63) is 57.3 Å². The minimum absolute atomic E-state index is 0.288. The van der Waals surface area contributed by atoms with Crippen LogP contribution in [0.3, 0.4) is 0 Å². The van der Waals surface area contributed by atoms with Gasteiger partial charge in [-0.1, -0.05) is 23.2 Å². The zero-order valence-corrected chi connectivity index (χ0v) is 12.8. The van der Waals surface area contributed by atoms with Crippen molar-refractivity contribution in [2.24, 2.45) is 0 Å². The molecule has 0 atom stereocenters. The second kappa shape index (κ2) is 5.63. The zero-order chi connectivity index (χ0) is 15.9. The van der Waals surface area contributed by atoms with E-state index in [9.17, 15) is 13.2 Å². The number of rotatable bonds is 1. The van der Waals surface area contributed by atoms with Crippen LogP contribution in [-0.4, -0.2) is 11.5 Å². The van der Waals surface area contributed by atoms with E-state index >= 15 is 0 Å². The lowest BCUT2D eigenvalue weighted by molar-refractivity contribution is -0.137. The molecule has 3 rings (SSSR count). The second-order valence-corrected chi connectivity index (χ2v) is 5.90. The highest BCUT2D eigenvalue weighted by atomic mass is 35.5. The Morgan fingerprint density at radius 3 is 2.55 bits per heavy atom. The molecule has 116 valence electrons. The third-order valence-electron chi connectivity index (χ3n) is 3.68. The predicted molar refractivity (Wildman–Crippen MR) is 80.5 cm³/mol. The van der Waals surface area contributed by atoms with Crippen LogP contribution >= 0.6 is 23.2 Å². The first-order valence-corrected chi connectivity index (χ1v) is 7.35. The first kappa shape index (κ1) is 15.4. The fraction of sp³-hybridized carbons (Fsp3) is 0.267. The number of anilines is 1. The van der Waals surface area contributed by atoms with E-state index in [4.69, 9.17) is 23.2 Å². The molecule has 0 fully saturated rings. The van der Waals surface area contributed by atoms with Gasteiger partial charge >= 0.3 is 6.18 Å². The molecule has 0 radical (unpaired) electrons. The number of hydrogen-bond donors (Lipinski definition) is 0. The number of nitrogens with zero attached hydrogens (tertiary/aromatic N) is 2. The maximum atomic E-state index is 12.7. The van der Waals surface area contributed by atoms with Gasteiger partial charge in [-0.3, -0.25) is 0 Å². The van der Waals surface area contributed by atoms with E-state index < -0.39 is 11.7 Å². The molecule has 0 spiro atoms. The fourth-order valence-electron chi connectivity index (χ4n) is 2.56. The zero-order valence-electron chi connectivity index (χ0n) is 11.3. The Kier molecular flexibility index (Phi) is 3.95. The van der Waals surface area contributed by atoms with E-state index in [0.717, 1.165) is 23.6 Å². The molecule has 0 saturated carbocycles. The largest absolute Gasteiger partial charge is 0.417 e. The van der Waals surface area contributed by atoms with Gasteiger partial charge in [-0.15, -0.1) is 0 Å². The van der Waals surface area contributed by atoms with Crippen molar-refractivity contribution in [3.8, 4) is 0 Å². The minimum Gasteiger partial charge on any atom is -0.367 e. The summed E-state index contributed by atoms with van der Waals surface area (Å²) in [4.78, 5) is 6.02. The SMILES string of the molecule is FC(F)(F)c1ccc(N2CCc3cnc(Cl)cc3C2)cc1Cl. The van der Waals surface area contributed by atoms with Gasteiger partial charge < -0.3 is 4.90 Å². The lowest BCUT2D eigenvalue weighted by Gasteiger charge is -2.31. The van der Waals surface area contributed by atoms with Gasteiger partial charge in [0.2, 0.25) is 0 Å². The van der Waals surface area contributed by atoms with Crippen molar-refractivity contribution in [3.63, 3.8) is 0 Å². The maximum absolute atomic E-state index is 12.7. The monoisotopic (exact) mass is 346 g/mol. The van der Waals surface area contributed by atoms with Crippen LogP contribution in [0.5, 0.6) is 0 Å². The normalized spacial score (nSPS) is 14.9. The maximum Gasteiger partial charge on any atom is 0.417 e. The van der Waals surface area contributed by atoms with E-state index in [1.165, 1.54) is 12.1 Å². The molecule has 0 amide bonds. The van der Waals surface area contributed by atoms with Gasteiger partial charge in [-0.05, 0) is 41.8 Å². The van der Waals surface area contributed by atoms with Crippen molar-refractivity contribution < 1.29 is 13.2 Å². The Hall–Kier alpha value is -1.46. The van der Waals surface area contributed by atoms with Crippen LogP contribution < -0.4 is 4.90 Å². The molecule has 1 aliphatic heterocycles. The highest BCUT2D eigenvalue weighted by molar-refractivity contribution is 6.31. The van der Waals surface area contributed by atoms with E-state index in [2.05, 4.69) is 4.98 Å². The predicted octanol–water partition coefficient (Wildman–Crippen LogP) is 4.97. The number of hydrogen-bond acceptors (Lipinski definition) is 2. The lowest BCUT2D eigenvalue weighted by atomic mass is 10.0. The molecule has 0 N–H and O–H groups in total. The standard InChI is InChI=1S/C15H11Cl2F3N2/c16-13-6-11(1-2-12(13)15(18,19)20)22-4-3-9-7-21-14(17)5-10(9)8-22/h1-2,5-7H,3-4,8H2. The van der Waals surface area contributed by atoms with Crippen molar-refractivity contribution >= 4 is 28.9 Å². The molecule has 0 aliphatic carbocycles. The Balaban J connectivity index is 1.88. The molecule has 1 aromatic carbocycles. The smallest absolute Gasteiger partial charge is 0.367 e. The molecule has 2 heterocycles. The van der Waals surface area contributed by atoms with Crippen LogP contribution in [0.1, 0.15) is 16.7 Å². The summed E-state index contributed by atoms with van der Waals surface area (Å²) in [5, 5.41) is 0.120.